The first-order valence-electron chi connectivity index (χ1n) is 8.63. The molecule has 0 saturated heterocycles. The fourth-order valence-electron chi connectivity index (χ4n) is 2.47. The smallest absolute Gasteiger partial charge is 0.357 e. The Morgan fingerprint density at radius 3 is 1.07 bits per heavy atom. The molecular formula is C24H18I2O+2. The van der Waals surface area contributed by atoms with Crippen molar-refractivity contribution in [2.45, 2.75) is 0 Å². The van der Waals surface area contributed by atoms with Crippen LogP contribution in [0.1, 0.15) is 0 Å². The second-order valence-electron chi connectivity index (χ2n) is 5.79. The normalized spacial score (nSPS) is 10.5. The Labute approximate surface area is 180 Å². The number of hydrogen-bond donors (Lipinski definition) is 0. The molecule has 4 aromatic rings. The molecule has 0 amide bonds. The molecule has 3 heteroatoms. The molecule has 27 heavy (non-hydrogen) atoms. The van der Waals surface area contributed by atoms with Gasteiger partial charge in [-0.1, -0.05) is 36.4 Å². The Hall–Kier alpha value is -1.86. The highest BCUT2D eigenvalue weighted by Crippen LogP contribution is 2.19. The van der Waals surface area contributed by atoms with E-state index >= 15 is 0 Å². The fourth-order valence-corrected chi connectivity index (χ4v) is 6.90. The number of rotatable bonds is 6. The first-order valence-corrected chi connectivity index (χ1v) is 12.9. The minimum absolute atomic E-state index is 0.126. The van der Waals surface area contributed by atoms with Crippen LogP contribution >= 0.6 is 0 Å². The van der Waals surface area contributed by atoms with Crippen LogP contribution in [0.15, 0.2) is 109 Å². The molecule has 0 radical (unpaired) electrons. The molecule has 0 heterocycles. The van der Waals surface area contributed by atoms with Gasteiger partial charge in [0.05, 0.1) is 0 Å². The third-order valence-corrected chi connectivity index (χ3v) is 9.13. The SMILES string of the molecule is c1ccc([I+]c2ccc(Oc3ccc([I+]c4ccccc4)cc3)cc2)cc1. The number of halogens is 2. The molecule has 0 aliphatic heterocycles. The number of benzene rings is 4. The van der Waals surface area contributed by atoms with Gasteiger partial charge in [-0.3, -0.25) is 0 Å². The van der Waals surface area contributed by atoms with E-state index in [0.717, 1.165) is 11.5 Å². The Kier molecular flexibility index (Phi) is 6.42. The zero-order chi connectivity index (χ0) is 18.3. The summed E-state index contributed by atoms with van der Waals surface area (Å²) in [7, 11) is 0. The Balaban J connectivity index is 1.37. The molecule has 0 fully saturated rings. The summed E-state index contributed by atoms with van der Waals surface area (Å²) in [6.07, 6.45) is 0. The van der Waals surface area contributed by atoms with Crippen LogP contribution in [0.4, 0.5) is 0 Å². The fraction of sp³-hybridized carbons (Fsp3) is 0. The van der Waals surface area contributed by atoms with Crippen molar-refractivity contribution in [3.05, 3.63) is 123 Å². The topological polar surface area (TPSA) is 9.23 Å². The molecule has 0 aliphatic carbocycles. The van der Waals surface area contributed by atoms with Crippen LogP contribution in [0, 0.1) is 14.3 Å². The van der Waals surface area contributed by atoms with Crippen LogP contribution in [0.5, 0.6) is 11.5 Å². The largest absolute Gasteiger partial charge is 0.457 e. The van der Waals surface area contributed by atoms with Crippen molar-refractivity contribution in [1.29, 1.82) is 0 Å². The van der Waals surface area contributed by atoms with Crippen LogP contribution in [0.25, 0.3) is 0 Å². The lowest BCUT2D eigenvalue weighted by molar-refractivity contribution is -0.597. The van der Waals surface area contributed by atoms with Gasteiger partial charge >= 0.3 is 42.4 Å². The van der Waals surface area contributed by atoms with Gasteiger partial charge in [0, 0.05) is 0 Å². The highest BCUT2D eigenvalue weighted by Gasteiger charge is 2.16. The lowest BCUT2D eigenvalue weighted by atomic mass is 10.3. The lowest BCUT2D eigenvalue weighted by Gasteiger charge is -2.04. The summed E-state index contributed by atoms with van der Waals surface area (Å²) in [5.41, 5.74) is 0. The summed E-state index contributed by atoms with van der Waals surface area (Å²) in [6.45, 7) is 0. The van der Waals surface area contributed by atoms with E-state index in [-0.39, 0.29) is 42.4 Å². The lowest BCUT2D eigenvalue weighted by Crippen LogP contribution is -3.61. The summed E-state index contributed by atoms with van der Waals surface area (Å²) in [6, 6.07) is 38.4. The Morgan fingerprint density at radius 2 is 0.704 bits per heavy atom. The van der Waals surface area contributed by atoms with Crippen molar-refractivity contribution >= 4 is 0 Å². The minimum Gasteiger partial charge on any atom is -0.457 e. The first-order chi connectivity index (χ1) is 13.3. The van der Waals surface area contributed by atoms with Crippen LogP contribution in [-0.4, -0.2) is 0 Å². The maximum atomic E-state index is 6.01. The zero-order valence-corrected chi connectivity index (χ0v) is 18.9. The molecule has 0 aliphatic rings. The van der Waals surface area contributed by atoms with Crippen molar-refractivity contribution in [2.75, 3.05) is 0 Å². The van der Waals surface area contributed by atoms with Crippen LogP contribution in [0.2, 0.25) is 0 Å². The highest BCUT2D eigenvalue weighted by molar-refractivity contribution is 5.30. The van der Waals surface area contributed by atoms with E-state index in [4.69, 9.17) is 4.74 Å². The number of hydrogen-bond acceptors (Lipinski definition) is 1. The molecule has 0 N–H and O–H groups in total. The van der Waals surface area contributed by atoms with Gasteiger partial charge in [0.15, 0.2) is 14.3 Å². The molecular weight excluding hydrogens is 558 g/mol. The van der Waals surface area contributed by atoms with E-state index in [1.165, 1.54) is 14.3 Å². The van der Waals surface area contributed by atoms with E-state index in [2.05, 4.69) is 109 Å². The van der Waals surface area contributed by atoms with Crippen LogP contribution in [0.3, 0.4) is 0 Å². The van der Waals surface area contributed by atoms with Crippen molar-refractivity contribution in [3.63, 3.8) is 0 Å². The van der Waals surface area contributed by atoms with E-state index in [1.54, 1.807) is 0 Å². The van der Waals surface area contributed by atoms with Crippen LogP contribution < -0.4 is 47.1 Å². The molecule has 0 aromatic heterocycles. The molecule has 4 aromatic carbocycles. The summed E-state index contributed by atoms with van der Waals surface area (Å²) in [5.74, 6) is 1.78. The Morgan fingerprint density at radius 1 is 0.370 bits per heavy atom. The molecule has 0 spiro atoms. The average Bonchev–Trinajstić information content (AvgIpc) is 2.73. The molecule has 1 nitrogen and oxygen atoms in total. The van der Waals surface area contributed by atoms with Gasteiger partial charge in [-0.25, -0.2) is 0 Å². The quantitative estimate of drug-likeness (QED) is 0.288. The van der Waals surface area contributed by atoms with E-state index in [1.807, 2.05) is 0 Å². The van der Waals surface area contributed by atoms with E-state index in [0.29, 0.717) is 0 Å². The molecule has 4 rings (SSSR count). The van der Waals surface area contributed by atoms with E-state index in [9.17, 15) is 0 Å². The molecule has 0 atom stereocenters. The second-order valence-corrected chi connectivity index (χ2v) is 11.9. The summed E-state index contributed by atoms with van der Waals surface area (Å²) in [5, 5.41) is 0. The maximum absolute atomic E-state index is 6.01. The zero-order valence-electron chi connectivity index (χ0n) is 14.6. The first kappa shape index (κ1) is 18.5. The van der Waals surface area contributed by atoms with Gasteiger partial charge in [-0.2, -0.15) is 0 Å². The minimum atomic E-state index is -0.126. The van der Waals surface area contributed by atoms with Gasteiger partial charge in [0.2, 0.25) is 0 Å². The molecule has 0 bridgehead atoms. The predicted molar refractivity (Wildman–Crippen MR) is 101 cm³/mol. The van der Waals surface area contributed by atoms with Crippen molar-refractivity contribution < 1.29 is 47.1 Å². The monoisotopic (exact) mass is 576 g/mol. The van der Waals surface area contributed by atoms with Gasteiger partial charge < -0.3 is 4.74 Å². The van der Waals surface area contributed by atoms with Crippen LogP contribution in [-0.2, 0) is 0 Å². The highest BCUT2D eigenvalue weighted by atomic mass is 127. The second kappa shape index (κ2) is 9.37. The number of ether oxygens (including phenoxy) is 1. The van der Waals surface area contributed by atoms with Crippen molar-refractivity contribution in [2.24, 2.45) is 0 Å². The maximum Gasteiger partial charge on any atom is 0.357 e. The predicted octanol–water partition coefficient (Wildman–Crippen LogP) is -0.264. The molecule has 0 saturated carbocycles. The summed E-state index contributed by atoms with van der Waals surface area (Å²) in [4.78, 5) is 0. The van der Waals surface area contributed by atoms with Gasteiger partial charge in [-0.05, 0) is 72.8 Å². The van der Waals surface area contributed by atoms with E-state index < -0.39 is 0 Å². The standard InChI is InChI=1S/C24H18I2O/c1-3-7-19(8-4-1)25-21-11-15-23(16-12-21)27-24-17-13-22(14-18-24)26-20-9-5-2-6-10-20/h1-18H/q+2. The van der Waals surface area contributed by atoms with Crippen molar-refractivity contribution in [3.8, 4) is 11.5 Å². The van der Waals surface area contributed by atoms with Gasteiger partial charge in [0.1, 0.15) is 11.5 Å². The average molecular weight is 576 g/mol. The third kappa shape index (κ3) is 5.56. The van der Waals surface area contributed by atoms with Gasteiger partial charge in [0.25, 0.3) is 0 Å². The summed E-state index contributed by atoms with van der Waals surface area (Å²) >= 11 is -0.252. The van der Waals surface area contributed by atoms with Crippen molar-refractivity contribution in [1.82, 2.24) is 0 Å². The summed E-state index contributed by atoms with van der Waals surface area (Å²) < 4.78 is 11.7. The van der Waals surface area contributed by atoms with Gasteiger partial charge in [-0.15, -0.1) is 0 Å². The third-order valence-electron chi connectivity index (χ3n) is 3.77. The molecule has 132 valence electrons. The Bertz CT molecular complexity index is 883. The molecule has 0 unspecified atom stereocenters.